The molecule has 4 amide bonds. The van der Waals surface area contributed by atoms with Gasteiger partial charge in [-0.1, -0.05) is 0 Å². The number of esters is 2. The molecular weight excluding hydrogens is 468 g/mol. The van der Waals surface area contributed by atoms with Gasteiger partial charge in [0.1, 0.15) is 0 Å². The largest absolute Gasteiger partial charge is 0.465 e. The zero-order valence-corrected chi connectivity index (χ0v) is 20.0. The minimum absolute atomic E-state index is 0.00391. The van der Waals surface area contributed by atoms with Crippen molar-refractivity contribution in [3.63, 3.8) is 0 Å². The van der Waals surface area contributed by atoms with Crippen LogP contribution in [-0.2, 0) is 38.2 Å². The highest BCUT2D eigenvalue weighted by atomic mass is 16.5. The first-order valence-corrected chi connectivity index (χ1v) is 12.7. The summed E-state index contributed by atoms with van der Waals surface area (Å²) in [6.45, 7) is 0.790. The van der Waals surface area contributed by atoms with Gasteiger partial charge in [0, 0.05) is 37.4 Å². The van der Waals surface area contributed by atoms with Crippen molar-refractivity contribution in [2.45, 2.75) is 38.5 Å². The quantitative estimate of drug-likeness (QED) is 0.322. The van der Waals surface area contributed by atoms with E-state index in [1.165, 1.54) is 24.3 Å². The van der Waals surface area contributed by atoms with Gasteiger partial charge in [-0.05, 0) is 61.2 Å². The molecular formula is C26H30N2O8. The second-order valence-electron chi connectivity index (χ2n) is 10.5. The Hall–Kier alpha value is -3.30. The van der Waals surface area contributed by atoms with Crippen LogP contribution in [-0.4, -0.2) is 71.7 Å². The zero-order chi connectivity index (χ0) is 25.4. The highest BCUT2D eigenvalue weighted by Gasteiger charge is 2.56. The molecule has 0 aromatic heterocycles. The summed E-state index contributed by atoms with van der Waals surface area (Å²) in [7, 11) is 0. The second-order valence-corrected chi connectivity index (χ2v) is 10.5. The topological polar surface area (TPSA) is 127 Å². The van der Waals surface area contributed by atoms with Gasteiger partial charge in [0.15, 0.2) is 0 Å². The first-order chi connectivity index (χ1) is 17.3. The molecule has 10 nitrogen and oxygen atoms in total. The van der Waals surface area contributed by atoms with Gasteiger partial charge in [-0.15, -0.1) is 0 Å². The minimum atomic E-state index is -0.402. The molecule has 6 unspecified atom stereocenters. The van der Waals surface area contributed by atoms with Crippen LogP contribution < -0.4 is 0 Å². The number of hydrogen-bond acceptors (Lipinski definition) is 8. The summed E-state index contributed by atoms with van der Waals surface area (Å²) < 4.78 is 11.0. The Kier molecular flexibility index (Phi) is 6.77. The average molecular weight is 499 g/mol. The molecule has 6 atom stereocenters. The van der Waals surface area contributed by atoms with Gasteiger partial charge in [0.2, 0.25) is 0 Å². The molecule has 5 aliphatic rings. The summed E-state index contributed by atoms with van der Waals surface area (Å²) >= 11 is 0. The van der Waals surface area contributed by atoms with E-state index < -0.39 is 35.6 Å². The molecule has 10 heteroatoms. The van der Waals surface area contributed by atoms with Crippen LogP contribution in [0.2, 0.25) is 0 Å². The monoisotopic (exact) mass is 498 g/mol. The lowest BCUT2D eigenvalue weighted by molar-refractivity contribution is -0.148. The fourth-order valence-electron chi connectivity index (χ4n) is 6.92. The van der Waals surface area contributed by atoms with E-state index in [1.807, 2.05) is 0 Å². The molecule has 5 rings (SSSR count). The lowest BCUT2D eigenvalue weighted by Crippen LogP contribution is -2.33. The van der Waals surface area contributed by atoms with Gasteiger partial charge in [-0.3, -0.25) is 38.6 Å². The Morgan fingerprint density at radius 1 is 0.667 bits per heavy atom. The number of imide groups is 2. The summed E-state index contributed by atoms with van der Waals surface area (Å²) in [6.07, 6.45) is 8.99. The average Bonchev–Trinajstić information content (AvgIpc) is 3.64. The van der Waals surface area contributed by atoms with Crippen molar-refractivity contribution in [3.05, 3.63) is 24.3 Å². The maximum Gasteiger partial charge on any atom is 0.307 e. The van der Waals surface area contributed by atoms with Crippen LogP contribution in [0, 0.1) is 35.5 Å². The van der Waals surface area contributed by atoms with Gasteiger partial charge in [0.25, 0.3) is 23.6 Å². The first-order valence-electron chi connectivity index (χ1n) is 12.7. The molecule has 192 valence electrons. The first kappa shape index (κ1) is 24.4. The highest BCUT2D eigenvalue weighted by Crippen LogP contribution is 2.62. The standard InChI is InChI=1S/C26H30N2O8/c29-21-1-2-22(30)27(21)7-5-25(33)35-13-15-9-18-16-11-17(19(12-16)20(18)10-15)14-36-26(34)6-8-28-23(31)3-4-24(28)32/h1-4,15-20H,5-14H2. The van der Waals surface area contributed by atoms with Crippen molar-refractivity contribution >= 4 is 35.6 Å². The predicted molar refractivity (Wildman–Crippen MR) is 122 cm³/mol. The van der Waals surface area contributed by atoms with Crippen molar-refractivity contribution in [1.82, 2.24) is 9.80 Å². The summed E-state index contributed by atoms with van der Waals surface area (Å²) in [6, 6.07) is 0. The molecule has 3 saturated carbocycles. The molecule has 0 aromatic carbocycles. The highest BCUT2D eigenvalue weighted by molar-refractivity contribution is 6.13. The van der Waals surface area contributed by atoms with Gasteiger partial charge in [-0.2, -0.15) is 0 Å². The summed E-state index contributed by atoms with van der Waals surface area (Å²) in [5.74, 6) is 0.496. The van der Waals surface area contributed by atoms with Gasteiger partial charge < -0.3 is 9.47 Å². The van der Waals surface area contributed by atoms with Crippen LogP contribution in [0.15, 0.2) is 24.3 Å². The zero-order valence-electron chi connectivity index (χ0n) is 20.0. The van der Waals surface area contributed by atoms with Crippen molar-refractivity contribution in [2.24, 2.45) is 35.5 Å². The molecule has 0 spiro atoms. The third-order valence-corrected chi connectivity index (χ3v) is 8.52. The molecule has 2 aliphatic heterocycles. The predicted octanol–water partition coefficient (Wildman–Crippen LogP) is 1.00. The number of nitrogens with zero attached hydrogens (tertiary/aromatic N) is 2. The molecule has 0 saturated heterocycles. The second kappa shape index (κ2) is 9.99. The van der Waals surface area contributed by atoms with Crippen LogP contribution in [0.3, 0.4) is 0 Å². The van der Waals surface area contributed by atoms with Crippen LogP contribution in [0.4, 0.5) is 0 Å². The Bertz CT molecular complexity index is 1010. The van der Waals surface area contributed by atoms with E-state index in [2.05, 4.69) is 0 Å². The Morgan fingerprint density at radius 3 is 1.72 bits per heavy atom. The number of fused-ring (bicyclic) bond motifs is 5. The van der Waals surface area contributed by atoms with E-state index >= 15 is 0 Å². The van der Waals surface area contributed by atoms with Gasteiger partial charge in [-0.25, -0.2) is 0 Å². The Labute approximate surface area is 208 Å². The maximum absolute atomic E-state index is 12.2. The normalized spacial score (nSPS) is 32.2. The molecule has 0 aromatic rings. The SMILES string of the molecule is O=C(CCN1C(=O)C=CC1=O)OCC1CC2C3CC(COC(=O)CCN4C(=O)C=CC4=O)C(C3)C2C1. The third-order valence-electron chi connectivity index (χ3n) is 8.52. The van der Waals surface area contributed by atoms with E-state index in [1.54, 1.807) is 0 Å². The van der Waals surface area contributed by atoms with Gasteiger partial charge >= 0.3 is 11.9 Å². The van der Waals surface area contributed by atoms with E-state index in [4.69, 9.17) is 9.47 Å². The number of amides is 4. The fourth-order valence-corrected chi connectivity index (χ4v) is 6.92. The lowest BCUT2D eigenvalue weighted by Gasteiger charge is -2.31. The summed E-state index contributed by atoms with van der Waals surface area (Å²) in [4.78, 5) is 72.7. The smallest absolute Gasteiger partial charge is 0.307 e. The van der Waals surface area contributed by atoms with Crippen LogP contribution in [0.25, 0.3) is 0 Å². The van der Waals surface area contributed by atoms with Crippen molar-refractivity contribution in [1.29, 1.82) is 0 Å². The number of hydrogen-bond donors (Lipinski definition) is 0. The minimum Gasteiger partial charge on any atom is -0.465 e. The summed E-state index contributed by atoms with van der Waals surface area (Å²) in [5, 5.41) is 0. The lowest BCUT2D eigenvalue weighted by atomic mass is 9.76. The molecule has 3 aliphatic carbocycles. The van der Waals surface area contributed by atoms with E-state index in [0.29, 0.717) is 48.7 Å². The van der Waals surface area contributed by atoms with Crippen LogP contribution in [0.1, 0.15) is 38.5 Å². The third kappa shape index (κ3) is 4.85. The maximum atomic E-state index is 12.2. The number of carbonyl (C=O) groups excluding carboxylic acids is 6. The fraction of sp³-hybridized carbons (Fsp3) is 0.615. The molecule has 2 bridgehead atoms. The number of carbonyl (C=O) groups is 6. The van der Waals surface area contributed by atoms with Crippen LogP contribution in [0.5, 0.6) is 0 Å². The van der Waals surface area contributed by atoms with Crippen molar-refractivity contribution in [3.8, 4) is 0 Å². The number of ether oxygens (including phenoxy) is 2. The van der Waals surface area contributed by atoms with Crippen LogP contribution >= 0.6 is 0 Å². The van der Waals surface area contributed by atoms with Gasteiger partial charge in [0.05, 0.1) is 26.1 Å². The van der Waals surface area contributed by atoms with E-state index in [-0.39, 0.29) is 25.9 Å². The molecule has 0 N–H and O–H groups in total. The Morgan fingerprint density at radius 2 is 1.17 bits per heavy atom. The molecule has 3 fully saturated rings. The molecule has 2 heterocycles. The van der Waals surface area contributed by atoms with E-state index in [0.717, 1.165) is 35.5 Å². The van der Waals surface area contributed by atoms with Crippen molar-refractivity contribution in [2.75, 3.05) is 26.3 Å². The van der Waals surface area contributed by atoms with Crippen molar-refractivity contribution < 1.29 is 38.2 Å². The Balaban J connectivity index is 1.01. The molecule has 0 radical (unpaired) electrons. The number of rotatable bonds is 10. The summed E-state index contributed by atoms with van der Waals surface area (Å²) in [5.41, 5.74) is 0. The van der Waals surface area contributed by atoms with E-state index in [9.17, 15) is 28.8 Å². The molecule has 36 heavy (non-hydrogen) atoms.